The summed E-state index contributed by atoms with van der Waals surface area (Å²) in [5, 5.41) is 7.63. The summed E-state index contributed by atoms with van der Waals surface area (Å²) in [6.07, 6.45) is 3.38. The Bertz CT molecular complexity index is 728. The van der Waals surface area contributed by atoms with E-state index in [2.05, 4.69) is 16.0 Å². The van der Waals surface area contributed by atoms with Crippen LogP contribution in [0.1, 0.15) is 33.1 Å². The molecule has 0 aromatic heterocycles. The zero-order valence-corrected chi connectivity index (χ0v) is 19.3. The van der Waals surface area contributed by atoms with Gasteiger partial charge in [0.1, 0.15) is 24.5 Å². The maximum absolute atomic E-state index is 12.9. The molecule has 31 heavy (non-hydrogen) atoms. The van der Waals surface area contributed by atoms with Gasteiger partial charge in [0.2, 0.25) is 17.7 Å². The first-order valence-electron chi connectivity index (χ1n) is 10.2. The van der Waals surface area contributed by atoms with Crippen LogP contribution in [0.3, 0.4) is 0 Å². The molecule has 2 aliphatic heterocycles. The summed E-state index contributed by atoms with van der Waals surface area (Å²) < 4.78 is 5.37. The number of amides is 3. The Hall–Kier alpha value is -2.01. The molecule has 2 rings (SSSR count). The van der Waals surface area contributed by atoms with Gasteiger partial charge in [-0.1, -0.05) is 41.5 Å². The summed E-state index contributed by atoms with van der Waals surface area (Å²) in [7, 11) is 2.99. The molecule has 0 aromatic carbocycles. The van der Waals surface area contributed by atoms with Gasteiger partial charge in [-0.05, 0) is 18.4 Å². The second kappa shape index (κ2) is 12.7. The minimum Gasteiger partial charge on any atom is -0.456 e. The minimum atomic E-state index is -0.847. The van der Waals surface area contributed by atoms with Crippen molar-refractivity contribution in [2.75, 3.05) is 24.6 Å². The van der Waals surface area contributed by atoms with Crippen LogP contribution in [-0.2, 0) is 28.7 Å². The summed E-state index contributed by atoms with van der Waals surface area (Å²) in [4.78, 5) is 62.4. The number of esters is 1. The standard InChI is InChI=1S/C20H29N3O6S2/c1-12(2)15-8-13(24)7-14-5-3-4-6-30-31-11-16(23-19(15)27)20(28)22-9-17(25)21-10-18(26)29-14/h3,5,12,14-16H,4,6-11H2,1-2H3,(H,21,25)(H,22,28)(H,23,27)/b5-3+. The van der Waals surface area contributed by atoms with Gasteiger partial charge in [0, 0.05) is 30.3 Å². The molecule has 9 nitrogen and oxygen atoms in total. The maximum atomic E-state index is 12.9. The van der Waals surface area contributed by atoms with E-state index in [-0.39, 0.29) is 43.5 Å². The number of Topliss-reactive ketones (excluding diaryl/α,β-unsaturated/α-hetero) is 1. The van der Waals surface area contributed by atoms with Gasteiger partial charge in [-0.2, -0.15) is 0 Å². The van der Waals surface area contributed by atoms with Crippen molar-refractivity contribution in [1.82, 2.24) is 16.0 Å². The number of carbonyl (C=O) groups is 5. The fourth-order valence-corrected chi connectivity index (χ4v) is 5.22. The van der Waals surface area contributed by atoms with Crippen LogP contribution in [0, 0.1) is 11.8 Å². The Morgan fingerprint density at radius 1 is 1.00 bits per heavy atom. The molecular formula is C20H29N3O6S2. The highest BCUT2D eigenvalue weighted by Gasteiger charge is 2.30. The first-order valence-corrected chi connectivity index (χ1v) is 12.7. The zero-order valence-electron chi connectivity index (χ0n) is 17.7. The summed E-state index contributed by atoms with van der Waals surface area (Å²) >= 11 is 0. The maximum Gasteiger partial charge on any atom is 0.326 e. The number of fused-ring (bicyclic) bond motifs is 7. The number of ether oxygens (including phenoxy) is 1. The number of rotatable bonds is 1. The van der Waals surface area contributed by atoms with Gasteiger partial charge in [0.05, 0.1) is 6.54 Å². The molecule has 0 spiro atoms. The van der Waals surface area contributed by atoms with Crippen LogP contribution in [-0.4, -0.2) is 66.2 Å². The highest BCUT2D eigenvalue weighted by atomic mass is 33.1. The van der Waals surface area contributed by atoms with E-state index in [0.29, 0.717) is 12.2 Å². The predicted octanol–water partition coefficient (Wildman–Crippen LogP) is 0.592. The van der Waals surface area contributed by atoms with Gasteiger partial charge in [-0.25, -0.2) is 0 Å². The minimum absolute atomic E-state index is 0.0155. The van der Waals surface area contributed by atoms with E-state index in [1.54, 1.807) is 16.9 Å². The molecule has 3 N–H and O–H groups in total. The SMILES string of the molecule is CC(C)C1CC(=O)CC2/C=C/CCSSCC(NC1=O)C(=O)NCC(=O)NCC(=O)O2. The van der Waals surface area contributed by atoms with Gasteiger partial charge in [-0.3, -0.25) is 24.0 Å². The second-order valence-electron chi connectivity index (χ2n) is 7.70. The van der Waals surface area contributed by atoms with Crippen molar-refractivity contribution in [2.45, 2.75) is 45.3 Å². The molecule has 172 valence electrons. The van der Waals surface area contributed by atoms with E-state index in [1.807, 2.05) is 19.9 Å². The highest BCUT2D eigenvalue weighted by molar-refractivity contribution is 8.76. The van der Waals surface area contributed by atoms with Crippen molar-refractivity contribution in [3.05, 3.63) is 12.2 Å². The molecule has 0 aromatic rings. The number of allylic oxidation sites excluding steroid dienone is 1. The van der Waals surface area contributed by atoms with Crippen molar-refractivity contribution < 1.29 is 28.7 Å². The number of nitrogens with one attached hydrogen (secondary N) is 3. The van der Waals surface area contributed by atoms with Crippen molar-refractivity contribution in [2.24, 2.45) is 11.8 Å². The fraction of sp³-hybridized carbons (Fsp3) is 0.650. The predicted molar refractivity (Wildman–Crippen MR) is 119 cm³/mol. The lowest BCUT2D eigenvalue weighted by atomic mass is 9.88. The zero-order chi connectivity index (χ0) is 22.8. The molecule has 0 aliphatic carbocycles. The summed E-state index contributed by atoms with van der Waals surface area (Å²) in [6.45, 7) is 2.98. The molecule has 1 saturated heterocycles. The third kappa shape index (κ3) is 8.94. The molecule has 1 fully saturated rings. The number of hydrogen-bond donors (Lipinski definition) is 3. The molecule has 11 heteroatoms. The van der Waals surface area contributed by atoms with Gasteiger partial charge in [0.25, 0.3) is 0 Å². The first-order chi connectivity index (χ1) is 14.8. The Kier molecular flexibility index (Phi) is 10.4. The van der Waals surface area contributed by atoms with E-state index in [9.17, 15) is 24.0 Å². The van der Waals surface area contributed by atoms with Crippen LogP contribution >= 0.6 is 21.6 Å². The molecule has 3 amide bonds. The third-order valence-corrected chi connectivity index (χ3v) is 7.27. The van der Waals surface area contributed by atoms with Crippen LogP contribution in [0.25, 0.3) is 0 Å². The molecular weight excluding hydrogens is 442 g/mol. The number of ketones is 1. The monoisotopic (exact) mass is 471 g/mol. The third-order valence-electron chi connectivity index (χ3n) is 4.82. The molecule has 3 atom stereocenters. The summed E-state index contributed by atoms with van der Waals surface area (Å²) in [6, 6.07) is -0.847. The lowest BCUT2D eigenvalue weighted by Crippen LogP contribution is -2.52. The largest absolute Gasteiger partial charge is 0.456 e. The Morgan fingerprint density at radius 3 is 2.52 bits per heavy atom. The van der Waals surface area contributed by atoms with E-state index in [1.165, 1.54) is 10.8 Å². The second-order valence-corrected chi connectivity index (χ2v) is 10.3. The molecule has 0 saturated carbocycles. The molecule has 0 radical (unpaired) electrons. The van der Waals surface area contributed by atoms with Crippen molar-refractivity contribution in [3.8, 4) is 0 Å². The molecule has 3 unspecified atom stereocenters. The van der Waals surface area contributed by atoms with E-state index in [4.69, 9.17) is 4.74 Å². The number of hydrogen-bond acceptors (Lipinski definition) is 8. The van der Waals surface area contributed by atoms with Gasteiger partial charge in [-0.15, -0.1) is 0 Å². The summed E-state index contributed by atoms with van der Waals surface area (Å²) in [5.74, 6) is -2.03. The van der Waals surface area contributed by atoms with E-state index >= 15 is 0 Å². The average molecular weight is 472 g/mol. The normalized spacial score (nSPS) is 28.7. The van der Waals surface area contributed by atoms with Crippen LogP contribution in [0.5, 0.6) is 0 Å². The van der Waals surface area contributed by atoms with E-state index < -0.39 is 35.8 Å². The Morgan fingerprint density at radius 2 is 1.77 bits per heavy atom. The lowest BCUT2D eigenvalue weighted by molar-refractivity contribution is -0.148. The highest BCUT2D eigenvalue weighted by Crippen LogP contribution is 2.24. The van der Waals surface area contributed by atoms with Crippen LogP contribution in [0.4, 0.5) is 0 Å². The van der Waals surface area contributed by atoms with Crippen LogP contribution in [0.2, 0.25) is 0 Å². The van der Waals surface area contributed by atoms with Gasteiger partial charge >= 0.3 is 5.97 Å². The smallest absolute Gasteiger partial charge is 0.326 e. The quantitative estimate of drug-likeness (QED) is 0.288. The number of carbonyl (C=O) groups excluding carboxylic acids is 5. The molecule has 2 aliphatic rings. The van der Waals surface area contributed by atoms with Crippen molar-refractivity contribution in [1.29, 1.82) is 0 Å². The first kappa shape index (κ1) is 25.3. The molecule has 2 heterocycles. The van der Waals surface area contributed by atoms with Crippen molar-refractivity contribution >= 4 is 51.1 Å². The fourth-order valence-electron chi connectivity index (χ4n) is 3.07. The lowest BCUT2D eigenvalue weighted by Gasteiger charge is -2.24. The van der Waals surface area contributed by atoms with Crippen LogP contribution in [0.15, 0.2) is 12.2 Å². The van der Waals surface area contributed by atoms with Crippen molar-refractivity contribution in [3.63, 3.8) is 0 Å². The Balaban J connectivity index is 2.36. The van der Waals surface area contributed by atoms with E-state index in [0.717, 1.165) is 5.75 Å². The molecule has 2 bridgehead atoms. The Labute approximate surface area is 189 Å². The summed E-state index contributed by atoms with van der Waals surface area (Å²) in [5.41, 5.74) is 0. The topological polar surface area (TPSA) is 131 Å². The van der Waals surface area contributed by atoms with Crippen LogP contribution < -0.4 is 16.0 Å². The van der Waals surface area contributed by atoms with Gasteiger partial charge < -0.3 is 20.7 Å². The average Bonchev–Trinajstić information content (AvgIpc) is 2.71. The van der Waals surface area contributed by atoms with Gasteiger partial charge in [0.15, 0.2) is 0 Å².